The van der Waals surface area contributed by atoms with E-state index in [-0.39, 0.29) is 31.1 Å². The van der Waals surface area contributed by atoms with E-state index in [1.54, 1.807) is 0 Å². The molecule has 0 aromatic rings. The molecular weight excluding hydrogens is 733 g/mol. The lowest BCUT2D eigenvalue weighted by molar-refractivity contribution is -0.167. The average molecular weight is 835 g/mol. The molecule has 350 valence electrons. The molecule has 0 aromatic heterocycles. The van der Waals surface area contributed by atoms with Gasteiger partial charge in [0.05, 0.1) is 0 Å². The van der Waals surface area contributed by atoms with E-state index in [2.05, 4.69) is 34.6 Å². The van der Waals surface area contributed by atoms with Gasteiger partial charge in [0.2, 0.25) is 0 Å². The lowest BCUT2D eigenvalue weighted by Crippen LogP contribution is -2.30. The fraction of sp³-hybridized carbons (Fsp3) is 0.943. The molecule has 0 N–H and O–H groups in total. The van der Waals surface area contributed by atoms with Crippen LogP contribution in [0.15, 0.2) is 0 Å². The van der Waals surface area contributed by atoms with Gasteiger partial charge in [-0.05, 0) is 31.1 Å². The molecule has 59 heavy (non-hydrogen) atoms. The Labute approximate surface area is 368 Å². The molecule has 0 saturated carbocycles. The Kier molecular flexibility index (Phi) is 44.7. The van der Waals surface area contributed by atoms with Crippen LogP contribution in [0.3, 0.4) is 0 Å². The minimum Gasteiger partial charge on any atom is -0.462 e. The fourth-order valence-corrected chi connectivity index (χ4v) is 7.99. The highest BCUT2D eigenvalue weighted by molar-refractivity contribution is 5.71. The third-order valence-corrected chi connectivity index (χ3v) is 12.0. The molecule has 0 radical (unpaired) electrons. The summed E-state index contributed by atoms with van der Waals surface area (Å²) < 4.78 is 16.8. The van der Waals surface area contributed by atoms with Gasteiger partial charge in [0.25, 0.3) is 0 Å². The van der Waals surface area contributed by atoms with Gasteiger partial charge in [0, 0.05) is 19.3 Å². The van der Waals surface area contributed by atoms with Crippen molar-refractivity contribution < 1.29 is 28.6 Å². The van der Waals surface area contributed by atoms with Crippen LogP contribution in [-0.2, 0) is 28.6 Å². The summed E-state index contributed by atoms with van der Waals surface area (Å²) >= 11 is 0. The molecule has 6 nitrogen and oxygen atoms in total. The van der Waals surface area contributed by atoms with Crippen molar-refractivity contribution in [3.8, 4) is 0 Å². The molecule has 0 unspecified atom stereocenters. The first-order chi connectivity index (χ1) is 28.7. The van der Waals surface area contributed by atoms with E-state index in [4.69, 9.17) is 14.2 Å². The summed E-state index contributed by atoms with van der Waals surface area (Å²) in [6.07, 6.45) is 46.8. The summed E-state index contributed by atoms with van der Waals surface area (Å²) in [5, 5.41) is 0. The fourth-order valence-electron chi connectivity index (χ4n) is 7.99. The topological polar surface area (TPSA) is 78.9 Å². The molecule has 0 rings (SSSR count). The van der Waals surface area contributed by atoms with Crippen molar-refractivity contribution in [1.82, 2.24) is 0 Å². The number of rotatable bonds is 47. The molecule has 6 heteroatoms. The summed E-state index contributed by atoms with van der Waals surface area (Å²) in [6, 6.07) is 0. The van der Waals surface area contributed by atoms with Gasteiger partial charge in [-0.3, -0.25) is 14.4 Å². The molecule has 0 bridgehead atoms. The average Bonchev–Trinajstić information content (AvgIpc) is 3.20. The van der Waals surface area contributed by atoms with Crippen LogP contribution in [-0.4, -0.2) is 37.2 Å². The zero-order valence-electron chi connectivity index (χ0n) is 40.4. The van der Waals surface area contributed by atoms with Gasteiger partial charge in [-0.2, -0.15) is 0 Å². The van der Waals surface area contributed by atoms with E-state index in [9.17, 15) is 14.4 Å². The first kappa shape index (κ1) is 57.4. The van der Waals surface area contributed by atoms with Crippen molar-refractivity contribution in [2.45, 2.75) is 298 Å². The van der Waals surface area contributed by atoms with Crippen molar-refractivity contribution in [2.24, 2.45) is 11.8 Å². The quantitative estimate of drug-likeness (QED) is 0.0345. The van der Waals surface area contributed by atoms with Crippen molar-refractivity contribution in [3.05, 3.63) is 0 Å². The largest absolute Gasteiger partial charge is 0.462 e. The van der Waals surface area contributed by atoms with Gasteiger partial charge in [-0.1, -0.05) is 253 Å². The molecule has 0 saturated heterocycles. The second-order valence-electron chi connectivity index (χ2n) is 19.1. The minimum atomic E-state index is -0.761. The van der Waals surface area contributed by atoms with E-state index in [1.165, 1.54) is 180 Å². The van der Waals surface area contributed by atoms with Crippen LogP contribution >= 0.6 is 0 Å². The highest BCUT2D eigenvalue weighted by Crippen LogP contribution is 2.17. The maximum absolute atomic E-state index is 12.8. The first-order valence-electron chi connectivity index (χ1n) is 26.2. The summed E-state index contributed by atoms with van der Waals surface area (Å²) in [5.41, 5.74) is 0. The van der Waals surface area contributed by atoms with Crippen molar-refractivity contribution >= 4 is 17.9 Å². The van der Waals surface area contributed by atoms with E-state index < -0.39 is 6.10 Å². The summed E-state index contributed by atoms with van der Waals surface area (Å²) in [6.45, 7) is 11.3. The zero-order valence-corrected chi connectivity index (χ0v) is 40.4. The Morgan fingerprint density at radius 1 is 0.322 bits per heavy atom. The Balaban J connectivity index is 4.19. The van der Waals surface area contributed by atoms with Gasteiger partial charge in [0.15, 0.2) is 6.10 Å². The highest BCUT2D eigenvalue weighted by atomic mass is 16.6. The van der Waals surface area contributed by atoms with Crippen molar-refractivity contribution in [2.75, 3.05) is 13.2 Å². The van der Waals surface area contributed by atoms with Crippen LogP contribution in [0.4, 0.5) is 0 Å². The van der Waals surface area contributed by atoms with E-state index >= 15 is 0 Å². The van der Waals surface area contributed by atoms with Gasteiger partial charge >= 0.3 is 17.9 Å². The molecular formula is C53H102O6. The predicted molar refractivity (Wildman–Crippen MR) is 252 cm³/mol. The summed E-state index contributed by atoms with van der Waals surface area (Å²) in [5.74, 6) is 0.788. The number of ether oxygens (including phenoxy) is 3. The van der Waals surface area contributed by atoms with Crippen LogP contribution in [0.25, 0.3) is 0 Å². The number of carbonyl (C=O) groups is 3. The Morgan fingerprint density at radius 2 is 0.559 bits per heavy atom. The lowest BCUT2D eigenvalue weighted by atomic mass is 10.0. The molecule has 0 fully saturated rings. The molecule has 0 aliphatic heterocycles. The van der Waals surface area contributed by atoms with E-state index in [1.807, 2.05) is 0 Å². The van der Waals surface area contributed by atoms with Gasteiger partial charge in [-0.15, -0.1) is 0 Å². The summed E-state index contributed by atoms with van der Waals surface area (Å²) in [7, 11) is 0. The lowest BCUT2D eigenvalue weighted by Gasteiger charge is -2.18. The Morgan fingerprint density at radius 3 is 0.831 bits per heavy atom. The number of carbonyl (C=O) groups excluding carboxylic acids is 3. The first-order valence-corrected chi connectivity index (χ1v) is 26.2. The van der Waals surface area contributed by atoms with Gasteiger partial charge in [-0.25, -0.2) is 0 Å². The van der Waals surface area contributed by atoms with E-state index in [0.717, 1.165) is 69.6 Å². The third-order valence-electron chi connectivity index (χ3n) is 12.0. The highest BCUT2D eigenvalue weighted by Gasteiger charge is 2.19. The third kappa shape index (κ3) is 47.3. The van der Waals surface area contributed by atoms with Crippen LogP contribution in [0.1, 0.15) is 291 Å². The van der Waals surface area contributed by atoms with E-state index in [0.29, 0.717) is 19.3 Å². The minimum absolute atomic E-state index is 0.0643. The molecule has 0 aliphatic carbocycles. The van der Waals surface area contributed by atoms with Crippen molar-refractivity contribution in [3.63, 3.8) is 0 Å². The number of esters is 3. The van der Waals surface area contributed by atoms with Crippen molar-refractivity contribution in [1.29, 1.82) is 0 Å². The van der Waals surface area contributed by atoms with Gasteiger partial charge < -0.3 is 14.2 Å². The SMILES string of the molecule is CCCCCCCCCCCCC(=O)OC[C@H](COC(=O)CCCCCCCCCC(C)C)OC(=O)CCCCCCCCCCCCCCCCCCCCC(C)C. The number of hydrogen-bond acceptors (Lipinski definition) is 6. The molecule has 1 atom stereocenters. The number of hydrogen-bond donors (Lipinski definition) is 0. The summed E-state index contributed by atoms with van der Waals surface area (Å²) in [4.78, 5) is 37.8. The zero-order chi connectivity index (χ0) is 43.3. The van der Waals surface area contributed by atoms with Crippen LogP contribution in [0, 0.1) is 11.8 Å². The standard InChI is InChI=1S/C53H102O6/c1-6-7-8-9-10-11-23-28-33-38-43-51(54)57-46-50(47-58-52(55)44-39-34-30-25-27-32-37-42-49(4)5)59-53(56)45-40-35-29-24-21-19-17-15-13-12-14-16-18-20-22-26-31-36-41-48(2)3/h48-50H,6-47H2,1-5H3/t50-/m1/s1. The number of unbranched alkanes of at least 4 members (excludes halogenated alkanes) is 32. The predicted octanol–water partition coefficient (Wildman–Crippen LogP) is 16.9. The maximum atomic E-state index is 12.8. The maximum Gasteiger partial charge on any atom is 0.306 e. The molecule has 0 heterocycles. The molecule has 0 aliphatic rings. The monoisotopic (exact) mass is 835 g/mol. The van der Waals surface area contributed by atoms with Gasteiger partial charge in [0.1, 0.15) is 13.2 Å². The second-order valence-corrected chi connectivity index (χ2v) is 19.1. The Hall–Kier alpha value is -1.59. The molecule has 0 amide bonds. The van der Waals surface area contributed by atoms with Crippen LogP contribution < -0.4 is 0 Å². The second kappa shape index (κ2) is 45.9. The van der Waals surface area contributed by atoms with Crippen LogP contribution in [0.5, 0.6) is 0 Å². The normalized spacial score (nSPS) is 12.1. The molecule has 0 spiro atoms. The van der Waals surface area contributed by atoms with Crippen LogP contribution in [0.2, 0.25) is 0 Å². The molecule has 0 aromatic carbocycles. The Bertz CT molecular complexity index is 900. The smallest absolute Gasteiger partial charge is 0.306 e.